The number of alkyl halides is 3. The van der Waals surface area contributed by atoms with Crippen molar-refractivity contribution in [2.24, 2.45) is 0 Å². The summed E-state index contributed by atoms with van der Waals surface area (Å²) >= 11 is 4.10. The van der Waals surface area contributed by atoms with Crippen molar-refractivity contribution in [1.29, 1.82) is 0 Å². The molecule has 1 N–H and O–H groups in total. The van der Waals surface area contributed by atoms with Crippen LogP contribution in [0.1, 0.15) is 21.5 Å². The third kappa shape index (κ3) is 4.01. The van der Waals surface area contributed by atoms with Crippen molar-refractivity contribution in [3.63, 3.8) is 0 Å². The van der Waals surface area contributed by atoms with E-state index in [-0.39, 0.29) is 12.1 Å². The van der Waals surface area contributed by atoms with Crippen LogP contribution in [0, 0.1) is 0 Å². The first-order chi connectivity index (χ1) is 9.88. The third-order valence-electron chi connectivity index (χ3n) is 2.89. The van der Waals surface area contributed by atoms with Crippen LogP contribution in [0.3, 0.4) is 0 Å². The van der Waals surface area contributed by atoms with Gasteiger partial charge in [-0.1, -0.05) is 18.2 Å². The van der Waals surface area contributed by atoms with E-state index in [2.05, 4.69) is 17.9 Å². The maximum absolute atomic E-state index is 12.8. The van der Waals surface area contributed by atoms with Gasteiger partial charge in [0.2, 0.25) is 0 Å². The summed E-state index contributed by atoms with van der Waals surface area (Å²) in [4.78, 5) is 12.6. The van der Waals surface area contributed by atoms with Gasteiger partial charge in [-0.2, -0.15) is 13.2 Å². The molecule has 2 rings (SSSR count). The van der Waals surface area contributed by atoms with Gasteiger partial charge in [-0.05, 0) is 35.9 Å². The van der Waals surface area contributed by atoms with Gasteiger partial charge in [0, 0.05) is 17.0 Å². The van der Waals surface area contributed by atoms with Crippen LogP contribution >= 0.6 is 12.6 Å². The van der Waals surface area contributed by atoms with Crippen LogP contribution in [0.25, 0.3) is 0 Å². The van der Waals surface area contributed by atoms with Gasteiger partial charge in [-0.3, -0.25) is 4.79 Å². The molecule has 0 radical (unpaired) electrons. The van der Waals surface area contributed by atoms with Gasteiger partial charge in [0.05, 0.1) is 5.56 Å². The second-order valence-corrected chi connectivity index (χ2v) is 4.90. The molecule has 0 saturated heterocycles. The molecular weight excluding hydrogens is 299 g/mol. The Hall–Kier alpha value is -1.95. The van der Waals surface area contributed by atoms with E-state index in [1.807, 2.05) is 0 Å². The highest BCUT2D eigenvalue weighted by Gasteiger charge is 2.32. The van der Waals surface area contributed by atoms with Crippen LogP contribution in [0.15, 0.2) is 53.4 Å². The zero-order valence-electron chi connectivity index (χ0n) is 10.8. The Kier molecular flexibility index (Phi) is 4.57. The fourth-order valence-electron chi connectivity index (χ4n) is 1.84. The molecule has 0 fully saturated rings. The van der Waals surface area contributed by atoms with Crippen molar-refractivity contribution >= 4 is 18.5 Å². The molecule has 2 nitrogen and oxygen atoms in total. The molecule has 0 saturated carbocycles. The van der Waals surface area contributed by atoms with E-state index in [1.54, 1.807) is 24.3 Å². The lowest BCUT2D eigenvalue weighted by Gasteiger charge is -2.13. The minimum Gasteiger partial charge on any atom is -0.348 e. The molecule has 21 heavy (non-hydrogen) atoms. The summed E-state index contributed by atoms with van der Waals surface area (Å²) in [6.07, 6.45) is -4.44. The molecule has 0 aromatic heterocycles. The Morgan fingerprint density at radius 2 is 1.67 bits per heavy atom. The first-order valence-corrected chi connectivity index (χ1v) is 6.55. The number of benzene rings is 2. The van der Waals surface area contributed by atoms with Crippen molar-refractivity contribution < 1.29 is 18.0 Å². The average Bonchev–Trinajstić information content (AvgIpc) is 2.45. The number of nitrogens with one attached hydrogen (secondary N) is 1. The highest BCUT2D eigenvalue weighted by atomic mass is 32.1. The van der Waals surface area contributed by atoms with Gasteiger partial charge in [0.25, 0.3) is 5.91 Å². The Morgan fingerprint density at radius 1 is 1.05 bits per heavy atom. The van der Waals surface area contributed by atoms with E-state index in [0.717, 1.165) is 6.07 Å². The summed E-state index contributed by atoms with van der Waals surface area (Å²) in [6, 6.07) is 11.6. The number of thiol groups is 1. The summed E-state index contributed by atoms with van der Waals surface area (Å²) in [5, 5.41) is 2.48. The summed E-state index contributed by atoms with van der Waals surface area (Å²) in [5.74, 6) is -0.430. The highest BCUT2D eigenvalue weighted by Crippen LogP contribution is 2.31. The van der Waals surface area contributed by atoms with E-state index in [4.69, 9.17) is 0 Å². The minimum atomic E-state index is -4.44. The molecular formula is C15H12F3NOS. The monoisotopic (exact) mass is 311 g/mol. The molecule has 1 amide bonds. The SMILES string of the molecule is O=C(NCc1ccccc1C(F)(F)F)c1ccc(S)cc1. The Bertz CT molecular complexity index is 638. The van der Waals surface area contributed by atoms with Gasteiger partial charge in [-0.25, -0.2) is 0 Å². The van der Waals surface area contributed by atoms with Gasteiger partial charge in [-0.15, -0.1) is 12.6 Å². The molecule has 0 heterocycles. The largest absolute Gasteiger partial charge is 0.416 e. The zero-order chi connectivity index (χ0) is 15.5. The second-order valence-electron chi connectivity index (χ2n) is 4.38. The summed E-state index contributed by atoms with van der Waals surface area (Å²) < 4.78 is 38.5. The summed E-state index contributed by atoms with van der Waals surface area (Å²) in [6.45, 7) is -0.183. The fourth-order valence-corrected chi connectivity index (χ4v) is 1.99. The second kappa shape index (κ2) is 6.22. The summed E-state index contributed by atoms with van der Waals surface area (Å²) in [7, 11) is 0. The van der Waals surface area contributed by atoms with E-state index >= 15 is 0 Å². The van der Waals surface area contributed by atoms with Crippen molar-refractivity contribution in [3.8, 4) is 0 Å². The number of carbonyl (C=O) groups is 1. The molecule has 110 valence electrons. The zero-order valence-corrected chi connectivity index (χ0v) is 11.7. The predicted molar refractivity (Wildman–Crippen MR) is 76.3 cm³/mol. The Balaban J connectivity index is 2.10. The molecule has 0 spiro atoms. The number of halogens is 3. The molecule has 0 bridgehead atoms. The predicted octanol–water partition coefficient (Wildman–Crippen LogP) is 3.92. The van der Waals surface area contributed by atoms with Crippen LogP contribution in [0.4, 0.5) is 13.2 Å². The van der Waals surface area contributed by atoms with E-state index in [0.29, 0.717) is 10.5 Å². The molecule has 0 atom stereocenters. The Morgan fingerprint density at radius 3 is 2.29 bits per heavy atom. The van der Waals surface area contributed by atoms with Crippen LogP contribution in [-0.2, 0) is 12.7 Å². The van der Waals surface area contributed by atoms with E-state index in [9.17, 15) is 18.0 Å². The number of amides is 1. The maximum atomic E-state index is 12.8. The normalized spacial score (nSPS) is 11.2. The van der Waals surface area contributed by atoms with Crippen LogP contribution in [0.5, 0.6) is 0 Å². The smallest absolute Gasteiger partial charge is 0.348 e. The first kappa shape index (κ1) is 15.4. The lowest BCUT2D eigenvalue weighted by Crippen LogP contribution is -2.24. The summed E-state index contributed by atoms with van der Waals surface area (Å²) in [5.41, 5.74) is -0.336. The minimum absolute atomic E-state index is 0.0316. The van der Waals surface area contributed by atoms with Crippen LogP contribution < -0.4 is 5.32 Å². The number of carbonyl (C=O) groups excluding carboxylic acids is 1. The molecule has 0 unspecified atom stereocenters. The van der Waals surface area contributed by atoms with E-state index < -0.39 is 17.6 Å². The standard InChI is InChI=1S/C15H12F3NOS/c16-15(17,18)13-4-2-1-3-11(13)9-19-14(20)10-5-7-12(21)8-6-10/h1-8,21H,9H2,(H,19,20). The molecule has 6 heteroatoms. The number of rotatable bonds is 3. The Labute approximate surface area is 125 Å². The van der Waals surface area contributed by atoms with E-state index in [1.165, 1.54) is 18.2 Å². The van der Waals surface area contributed by atoms with Crippen molar-refractivity contribution in [3.05, 3.63) is 65.2 Å². The fraction of sp³-hybridized carbons (Fsp3) is 0.133. The first-order valence-electron chi connectivity index (χ1n) is 6.10. The van der Waals surface area contributed by atoms with Crippen molar-refractivity contribution in [2.45, 2.75) is 17.6 Å². The third-order valence-corrected chi connectivity index (χ3v) is 3.19. The molecule has 2 aromatic carbocycles. The van der Waals surface area contributed by atoms with Gasteiger partial charge in [0.15, 0.2) is 0 Å². The number of hydrogen-bond acceptors (Lipinski definition) is 2. The van der Waals surface area contributed by atoms with Crippen molar-refractivity contribution in [2.75, 3.05) is 0 Å². The maximum Gasteiger partial charge on any atom is 0.416 e. The van der Waals surface area contributed by atoms with Gasteiger partial charge in [0.1, 0.15) is 0 Å². The van der Waals surface area contributed by atoms with Crippen LogP contribution in [-0.4, -0.2) is 5.91 Å². The lowest BCUT2D eigenvalue weighted by molar-refractivity contribution is -0.138. The lowest BCUT2D eigenvalue weighted by atomic mass is 10.1. The molecule has 2 aromatic rings. The van der Waals surface area contributed by atoms with Crippen molar-refractivity contribution in [1.82, 2.24) is 5.32 Å². The molecule has 0 aliphatic rings. The van der Waals surface area contributed by atoms with Gasteiger partial charge < -0.3 is 5.32 Å². The molecule has 0 aliphatic carbocycles. The number of hydrogen-bond donors (Lipinski definition) is 2. The average molecular weight is 311 g/mol. The van der Waals surface area contributed by atoms with Gasteiger partial charge >= 0.3 is 6.18 Å². The molecule has 0 aliphatic heterocycles. The quantitative estimate of drug-likeness (QED) is 0.827. The highest BCUT2D eigenvalue weighted by molar-refractivity contribution is 7.80. The topological polar surface area (TPSA) is 29.1 Å². The van der Waals surface area contributed by atoms with Crippen LogP contribution in [0.2, 0.25) is 0 Å².